The molecule has 0 aliphatic heterocycles. The normalized spacial score (nSPS) is 15.3. The molecule has 1 aliphatic rings. The van der Waals surface area contributed by atoms with E-state index in [0.29, 0.717) is 0 Å². The van der Waals surface area contributed by atoms with Crippen molar-refractivity contribution < 1.29 is 0 Å². The molecule has 86 valence electrons. The maximum Gasteiger partial charge on any atom is 0.0310 e. The molecule has 0 spiro atoms. The molecule has 0 bridgehead atoms. The van der Waals surface area contributed by atoms with Crippen LogP contribution >= 0.6 is 11.3 Å². The van der Waals surface area contributed by atoms with E-state index in [9.17, 15) is 0 Å². The number of fused-ring (bicyclic) bond motifs is 1. The fourth-order valence-electron chi connectivity index (χ4n) is 2.20. The first-order chi connectivity index (χ1) is 7.76. The minimum Gasteiger partial charge on any atom is -0.136 e. The maximum atomic E-state index is 2.38. The Labute approximate surface area is 103 Å². The molecule has 1 aliphatic carbocycles. The molecule has 0 fully saturated rings. The second-order valence-electron chi connectivity index (χ2n) is 4.43. The Balaban J connectivity index is 2.46. The molecule has 0 amide bonds. The Kier molecular flexibility index (Phi) is 3.65. The Morgan fingerprint density at radius 1 is 1.44 bits per heavy atom. The molecule has 16 heavy (non-hydrogen) atoms. The fourth-order valence-corrected chi connectivity index (χ4v) is 3.60. The van der Waals surface area contributed by atoms with E-state index in [1.807, 2.05) is 11.3 Å². The summed E-state index contributed by atoms with van der Waals surface area (Å²) in [4.78, 5) is 3.00. The van der Waals surface area contributed by atoms with E-state index in [1.165, 1.54) is 34.6 Å². The van der Waals surface area contributed by atoms with Crippen LogP contribution in [0.3, 0.4) is 0 Å². The molecular formula is C15H20S. The summed E-state index contributed by atoms with van der Waals surface area (Å²) in [6.45, 7) is 6.73. The van der Waals surface area contributed by atoms with Crippen LogP contribution in [-0.4, -0.2) is 0 Å². The molecule has 1 heteroatoms. The lowest BCUT2D eigenvalue weighted by molar-refractivity contribution is 0.959. The lowest BCUT2D eigenvalue weighted by atomic mass is 9.97. The van der Waals surface area contributed by atoms with Gasteiger partial charge in [0.1, 0.15) is 0 Å². The summed E-state index contributed by atoms with van der Waals surface area (Å²) < 4.78 is 0. The van der Waals surface area contributed by atoms with Gasteiger partial charge in [-0.15, -0.1) is 11.3 Å². The molecule has 0 unspecified atom stereocenters. The Morgan fingerprint density at radius 3 is 2.94 bits per heavy atom. The van der Waals surface area contributed by atoms with Crippen LogP contribution in [0.2, 0.25) is 0 Å². The first kappa shape index (κ1) is 11.7. The van der Waals surface area contributed by atoms with E-state index < -0.39 is 0 Å². The van der Waals surface area contributed by atoms with Crippen LogP contribution in [-0.2, 0) is 12.8 Å². The minimum absolute atomic E-state index is 1.15. The summed E-state index contributed by atoms with van der Waals surface area (Å²) >= 11 is 1.97. The predicted molar refractivity (Wildman–Crippen MR) is 75.0 cm³/mol. The highest BCUT2D eigenvalue weighted by atomic mass is 32.1. The monoisotopic (exact) mass is 232 g/mol. The quantitative estimate of drug-likeness (QED) is 0.681. The summed E-state index contributed by atoms with van der Waals surface area (Å²) in [5.74, 6) is 0. The topological polar surface area (TPSA) is 0 Å². The van der Waals surface area contributed by atoms with E-state index in [1.54, 1.807) is 11.1 Å². The van der Waals surface area contributed by atoms with Crippen LogP contribution in [0, 0.1) is 0 Å². The zero-order chi connectivity index (χ0) is 11.5. The van der Waals surface area contributed by atoms with Gasteiger partial charge in [0.15, 0.2) is 0 Å². The maximum absolute atomic E-state index is 2.38. The van der Waals surface area contributed by atoms with Crippen molar-refractivity contribution in [3.8, 4) is 0 Å². The van der Waals surface area contributed by atoms with E-state index in [-0.39, 0.29) is 0 Å². The number of rotatable bonds is 3. The molecule has 0 saturated heterocycles. The minimum atomic E-state index is 1.15. The zero-order valence-corrected chi connectivity index (χ0v) is 11.3. The molecule has 0 atom stereocenters. The Hall–Kier alpha value is -0.820. The van der Waals surface area contributed by atoms with Crippen LogP contribution in [0.1, 0.15) is 54.5 Å². The van der Waals surface area contributed by atoms with E-state index in [0.717, 1.165) is 6.42 Å². The number of thiophene rings is 1. The van der Waals surface area contributed by atoms with Crippen molar-refractivity contribution >= 4 is 23.5 Å². The van der Waals surface area contributed by atoms with Gasteiger partial charge < -0.3 is 0 Å². The van der Waals surface area contributed by atoms with Crippen LogP contribution in [0.15, 0.2) is 11.6 Å². The van der Waals surface area contributed by atoms with Crippen molar-refractivity contribution in [1.29, 1.82) is 0 Å². The highest BCUT2D eigenvalue weighted by Gasteiger charge is 2.15. The van der Waals surface area contributed by atoms with Crippen LogP contribution in [0.5, 0.6) is 0 Å². The Morgan fingerprint density at radius 2 is 2.25 bits per heavy atom. The van der Waals surface area contributed by atoms with Crippen molar-refractivity contribution in [2.45, 2.75) is 46.5 Å². The highest BCUT2D eigenvalue weighted by molar-refractivity contribution is 7.14. The zero-order valence-electron chi connectivity index (χ0n) is 10.5. The number of allylic oxidation sites excluding steroid dienone is 2. The molecule has 1 heterocycles. The van der Waals surface area contributed by atoms with Gasteiger partial charge >= 0.3 is 0 Å². The van der Waals surface area contributed by atoms with Gasteiger partial charge in [0.25, 0.3) is 0 Å². The first-order valence-electron chi connectivity index (χ1n) is 6.24. The van der Waals surface area contributed by atoms with Gasteiger partial charge in [0, 0.05) is 9.75 Å². The van der Waals surface area contributed by atoms with E-state index in [4.69, 9.17) is 0 Å². The van der Waals surface area contributed by atoms with Crippen molar-refractivity contribution in [2.75, 3.05) is 0 Å². The van der Waals surface area contributed by atoms with Crippen molar-refractivity contribution in [2.24, 2.45) is 0 Å². The van der Waals surface area contributed by atoms with Crippen LogP contribution in [0.25, 0.3) is 12.2 Å². The van der Waals surface area contributed by atoms with E-state index >= 15 is 0 Å². The summed E-state index contributed by atoms with van der Waals surface area (Å²) in [5.41, 5.74) is 4.69. The molecule has 1 aromatic rings. The first-order valence-corrected chi connectivity index (χ1v) is 7.06. The summed E-state index contributed by atoms with van der Waals surface area (Å²) in [6, 6.07) is 0. The van der Waals surface area contributed by atoms with Crippen molar-refractivity contribution in [1.82, 2.24) is 0 Å². The second kappa shape index (κ2) is 5.01. The van der Waals surface area contributed by atoms with Gasteiger partial charge in [-0.1, -0.05) is 25.5 Å². The van der Waals surface area contributed by atoms with Gasteiger partial charge in [0.2, 0.25) is 0 Å². The van der Waals surface area contributed by atoms with Crippen LogP contribution in [0.4, 0.5) is 0 Å². The lowest BCUT2D eigenvalue weighted by Gasteiger charge is -2.07. The molecule has 2 rings (SSSR count). The summed E-state index contributed by atoms with van der Waals surface area (Å²) in [6.07, 6.45) is 11.8. The third-order valence-corrected chi connectivity index (χ3v) is 4.48. The molecule has 0 saturated carbocycles. The lowest BCUT2D eigenvalue weighted by Crippen LogP contribution is -1.94. The van der Waals surface area contributed by atoms with Crippen molar-refractivity contribution in [3.05, 3.63) is 32.5 Å². The van der Waals surface area contributed by atoms with Gasteiger partial charge in [0.05, 0.1) is 0 Å². The summed E-state index contributed by atoms with van der Waals surface area (Å²) in [7, 11) is 0. The molecule has 0 aromatic carbocycles. The Bertz CT molecular complexity index is 433. The molecule has 1 aromatic heterocycles. The SMILES string of the molecule is CC/C(C)=C\c1sc2c(c1CC)CCC=C2. The molecular weight excluding hydrogens is 212 g/mol. The van der Waals surface area contributed by atoms with Gasteiger partial charge in [-0.25, -0.2) is 0 Å². The van der Waals surface area contributed by atoms with Gasteiger partial charge in [-0.2, -0.15) is 0 Å². The number of hydrogen-bond donors (Lipinski definition) is 0. The second-order valence-corrected chi connectivity index (χ2v) is 5.51. The average molecular weight is 232 g/mol. The third-order valence-electron chi connectivity index (χ3n) is 3.30. The molecule has 0 N–H and O–H groups in total. The van der Waals surface area contributed by atoms with Gasteiger partial charge in [-0.05, 0) is 55.9 Å². The number of hydrogen-bond acceptors (Lipinski definition) is 1. The van der Waals surface area contributed by atoms with Gasteiger partial charge in [-0.3, -0.25) is 0 Å². The standard InChI is InChI=1S/C15H20S/c1-4-11(3)10-15-12(5-2)13-8-6-7-9-14(13)16-15/h7,9-10H,4-6,8H2,1-3H3/b11-10-. The van der Waals surface area contributed by atoms with Crippen LogP contribution < -0.4 is 0 Å². The highest BCUT2D eigenvalue weighted by Crippen LogP contribution is 2.35. The smallest absolute Gasteiger partial charge is 0.0310 e. The average Bonchev–Trinajstić information content (AvgIpc) is 2.65. The molecule has 0 radical (unpaired) electrons. The third kappa shape index (κ3) is 2.15. The fraction of sp³-hybridized carbons (Fsp3) is 0.467. The van der Waals surface area contributed by atoms with E-state index in [2.05, 4.69) is 39.0 Å². The largest absolute Gasteiger partial charge is 0.136 e. The molecule has 0 nitrogen and oxygen atoms in total. The predicted octanol–water partition coefficient (Wildman–Crippen LogP) is 5.08. The van der Waals surface area contributed by atoms with Crippen molar-refractivity contribution in [3.63, 3.8) is 0 Å². The summed E-state index contributed by atoms with van der Waals surface area (Å²) in [5, 5.41) is 0.